The summed E-state index contributed by atoms with van der Waals surface area (Å²) in [4.78, 5) is 16.6. The molecule has 1 aromatic heterocycles. The number of carbonyl (C=O) groups excluding carboxylic acids is 1. The Kier molecular flexibility index (Phi) is 8.55. The van der Waals surface area contributed by atoms with Gasteiger partial charge in [0.15, 0.2) is 6.10 Å². The SMILES string of the molecule is COC(=O)C/C=C/[C@@H](C)[C@@H](/C=N\O[C@H](C)c1cn([C@@H]2COC[C@H]2O)nn1)OC. The molecule has 0 amide bonds. The van der Waals surface area contributed by atoms with Gasteiger partial charge in [-0.1, -0.05) is 29.4 Å². The van der Waals surface area contributed by atoms with E-state index >= 15 is 0 Å². The Labute approximate surface area is 164 Å². The summed E-state index contributed by atoms with van der Waals surface area (Å²) in [5, 5.41) is 22.0. The number of nitrogens with zero attached hydrogens (tertiary/aromatic N) is 4. The zero-order chi connectivity index (χ0) is 20.5. The van der Waals surface area contributed by atoms with Gasteiger partial charge in [0, 0.05) is 13.0 Å². The Bertz CT molecular complexity index is 677. The van der Waals surface area contributed by atoms with Gasteiger partial charge in [-0.2, -0.15) is 0 Å². The Balaban J connectivity index is 1.86. The molecule has 28 heavy (non-hydrogen) atoms. The largest absolute Gasteiger partial charge is 0.469 e. The van der Waals surface area contributed by atoms with Crippen molar-refractivity contribution in [1.29, 1.82) is 0 Å². The minimum absolute atomic E-state index is 0.0120. The van der Waals surface area contributed by atoms with Crippen LogP contribution in [0.25, 0.3) is 0 Å². The molecule has 0 saturated carbocycles. The van der Waals surface area contributed by atoms with E-state index in [0.29, 0.717) is 18.9 Å². The van der Waals surface area contributed by atoms with Crippen molar-refractivity contribution in [3.05, 3.63) is 24.0 Å². The molecule has 156 valence electrons. The number of hydrogen-bond donors (Lipinski definition) is 1. The van der Waals surface area contributed by atoms with Crippen LogP contribution in [-0.4, -0.2) is 71.9 Å². The molecule has 0 unspecified atom stereocenters. The molecule has 1 aromatic rings. The van der Waals surface area contributed by atoms with E-state index < -0.39 is 12.2 Å². The van der Waals surface area contributed by atoms with Crippen LogP contribution in [0.3, 0.4) is 0 Å². The molecule has 2 rings (SSSR count). The lowest BCUT2D eigenvalue weighted by molar-refractivity contribution is -0.139. The standard InChI is InChI=1S/C18H28N4O6/c1-12(6-5-7-18(24)26-4)17(25-3)8-19-28-13(2)14-9-22(21-20-14)15-10-27-11-16(15)23/h5-6,8-9,12-13,15-17,23H,7,10-11H2,1-4H3/b6-5+,19-8-/t12-,13-,15-,16-,17-/m1/s1. The van der Waals surface area contributed by atoms with E-state index in [0.717, 1.165) is 0 Å². The minimum atomic E-state index is -0.597. The maximum atomic E-state index is 11.1. The van der Waals surface area contributed by atoms with Crippen molar-refractivity contribution in [3.8, 4) is 0 Å². The molecule has 0 bridgehead atoms. The lowest BCUT2D eigenvalue weighted by Crippen LogP contribution is -2.22. The van der Waals surface area contributed by atoms with Gasteiger partial charge in [0.1, 0.15) is 23.9 Å². The fraction of sp³-hybridized carbons (Fsp3) is 0.667. The van der Waals surface area contributed by atoms with E-state index in [2.05, 4.69) is 20.2 Å². The molecule has 1 fully saturated rings. The highest BCUT2D eigenvalue weighted by molar-refractivity contribution is 5.71. The normalized spacial score (nSPS) is 23.2. The van der Waals surface area contributed by atoms with E-state index in [1.54, 1.807) is 37.2 Å². The van der Waals surface area contributed by atoms with Crippen molar-refractivity contribution >= 4 is 12.2 Å². The number of rotatable bonds is 10. The van der Waals surface area contributed by atoms with Gasteiger partial charge >= 0.3 is 5.97 Å². The van der Waals surface area contributed by atoms with E-state index in [9.17, 15) is 9.90 Å². The summed E-state index contributed by atoms with van der Waals surface area (Å²) >= 11 is 0. The van der Waals surface area contributed by atoms with Crippen molar-refractivity contribution < 1.29 is 28.9 Å². The third kappa shape index (κ3) is 6.11. The molecule has 1 aliphatic heterocycles. The monoisotopic (exact) mass is 396 g/mol. The van der Waals surface area contributed by atoms with E-state index in [1.807, 2.05) is 13.0 Å². The van der Waals surface area contributed by atoms with E-state index in [-0.39, 0.29) is 30.5 Å². The Morgan fingerprint density at radius 1 is 1.46 bits per heavy atom. The highest BCUT2D eigenvalue weighted by Gasteiger charge is 2.29. The smallest absolute Gasteiger partial charge is 0.309 e. The molecule has 0 spiro atoms. The van der Waals surface area contributed by atoms with Crippen LogP contribution < -0.4 is 0 Å². The van der Waals surface area contributed by atoms with Crippen LogP contribution in [0.1, 0.15) is 38.1 Å². The summed E-state index contributed by atoms with van der Waals surface area (Å²) in [6.07, 6.45) is 5.74. The summed E-state index contributed by atoms with van der Waals surface area (Å²) in [6, 6.07) is -0.243. The summed E-state index contributed by atoms with van der Waals surface area (Å²) in [5.41, 5.74) is 0.594. The van der Waals surface area contributed by atoms with Gasteiger partial charge in [0.2, 0.25) is 0 Å². The molecule has 1 aliphatic rings. The number of aliphatic hydroxyl groups is 1. The van der Waals surface area contributed by atoms with E-state index in [4.69, 9.17) is 14.3 Å². The first-order valence-electron chi connectivity index (χ1n) is 9.09. The average molecular weight is 396 g/mol. The van der Waals surface area contributed by atoms with Gasteiger partial charge in [-0.15, -0.1) is 5.10 Å². The molecular weight excluding hydrogens is 368 g/mol. The third-order valence-corrected chi connectivity index (χ3v) is 4.47. The van der Waals surface area contributed by atoms with Gasteiger partial charge in [0.25, 0.3) is 0 Å². The van der Waals surface area contributed by atoms with Crippen LogP contribution in [0.2, 0.25) is 0 Å². The summed E-state index contributed by atoms with van der Waals surface area (Å²) in [6.45, 7) is 4.43. The lowest BCUT2D eigenvalue weighted by Gasteiger charge is -2.15. The first kappa shape index (κ1) is 22.0. The van der Waals surface area contributed by atoms with Crippen LogP contribution in [0.4, 0.5) is 0 Å². The number of oxime groups is 1. The minimum Gasteiger partial charge on any atom is -0.469 e. The average Bonchev–Trinajstić information content (AvgIpc) is 3.33. The number of ether oxygens (including phenoxy) is 3. The van der Waals surface area contributed by atoms with Crippen molar-refractivity contribution in [2.45, 2.75) is 44.6 Å². The fourth-order valence-corrected chi connectivity index (χ4v) is 2.65. The molecule has 0 aromatic carbocycles. The molecule has 2 heterocycles. The summed E-state index contributed by atoms with van der Waals surface area (Å²) in [5.74, 6) is -0.310. The summed E-state index contributed by atoms with van der Waals surface area (Å²) in [7, 11) is 2.93. The topological polar surface area (TPSA) is 117 Å². The number of aromatic nitrogens is 3. The van der Waals surface area contributed by atoms with Crippen molar-refractivity contribution in [2.24, 2.45) is 11.1 Å². The Morgan fingerprint density at radius 2 is 2.25 bits per heavy atom. The number of hydrogen-bond acceptors (Lipinski definition) is 9. The predicted octanol–water partition coefficient (Wildman–Crippen LogP) is 1.04. The first-order valence-corrected chi connectivity index (χ1v) is 9.09. The molecule has 10 nitrogen and oxygen atoms in total. The zero-order valence-corrected chi connectivity index (χ0v) is 16.6. The van der Waals surface area contributed by atoms with Crippen LogP contribution in [0.15, 0.2) is 23.5 Å². The molecule has 0 radical (unpaired) electrons. The number of aliphatic hydroxyl groups excluding tert-OH is 1. The van der Waals surface area contributed by atoms with Crippen molar-refractivity contribution in [3.63, 3.8) is 0 Å². The number of carbonyl (C=O) groups is 1. The van der Waals surface area contributed by atoms with Gasteiger partial charge in [-0.05, 0) is 6.92 Å². The maximum Gasteiger partial charge on any atom is 0.309 e. The lowest BCUT2D eigenvalue weighted by atomic mass is 10.0. The first-order chi connectivity index (χ1) is 13.5. The van der Waals surface area contributed by atoms with E-state index in [1.165, 1.54) is 7.11 Å². The molecule has 1 saturated heterocycles. The molecule has 1 N–H and O–H groups in total. The second-order valence-corrected chi connectivity index (χ2v) is 6.57. The molecular formula is C18H28N4O6. The second kappa shape index (κ2) is 10.9. The maximum absolute atomic E-state index is 11.1. The molecule has 5 atom stereocenters. The van der Waals surface area contributed by atoms with Crippen LogP contribution >= 0.6 is 0 Å². The predicted molar refractivity (Wildman–Crippen MR) is 99.6 cm³/mol. The quantitative estimate of drug-likeness (QED) is 0.270. The Morgan fingerprint density at radius 3 is 2.89 bits per heavy atom. The van der Waals surface area contributed by atoms with Crippen LogP contribution in [0.5, 0.6) is 0 Å². The van der Waals surface area contributed by atoms with Gasteiger partial charge < -0.3 is 24.2 Å². The highest BCUT2D eigenvalue weighted by Crippen LogP contribution is 2.21. The van der Waals surface area contributed by atoms with Crippen LogP contribution in [0, 0.1) is 5.92 Å². The molecule has 0 aliphatic carbocycles. The van der Waals surface area contributed by atoms with Gasteiger partial charge in [-0.25, -0.2) is 4.68 Å². The number of esters is 1. The second-order valence-electron chi connectivity index (χ2n) is 6.57. The van der Waals surface area contributed by atoms with Crippen LogP contribution in [-0.2, 0) is 23.8 Å². The van der Waals surface area contributed by atoms with Gasteiger partial charge in [-0.3, -0.25) is 4.79 Å². The fourth-order valence-electron chi connectivity index (χ4n) is 2.65. The van der Waals surface area contributed by atoms with Crippen molar-refractivity contribution in [2.75, 3.05) is 27.4 Å². The summed E-state index contributed by atoms with van der Waals surface area (Å²) < 4.78 is 16.8. The van der Waals surface area contributed by atoms with Gasteiger partial charge in [0.05, 0.1) is 39.2 Å². The van der Waals surface area contributed by atoms with Crippen molar-refractivity contribution in [1.82, 2.24) is 15.0 Å². The number of methoxy groups -OCH3 is 2. The zero-order valence-electron chi connectivity index (χ0n) is 16.6. The third-order valence-electron chi connectivity index (χ3n) is 4.47. The Hall–Kier alpha value is -2.30. The molecule has 10 heteroatoms. The highest BCUT2D eigenvalue weighted by atomic mass is 16.6.